The van der Waals surface area contributed by atoms with Crippen LogP contribution in [0.5, 0.6) is 0 Å². The normalized spacial score (nSPS) is 18.0. The number of fused-ring (bicyclic) bond motifs is 2. The highest BCUT2D eigenvalue weighted by atomic mass is 32.1. The molecule has 1 aliphatic carbocycles. The highest BCUT2D eigenvalue weighted by molar-refractivity contribution is 7.18. The maximum absolute atomic E-state index is 12.4. The second-order valence-corrected chi connectivity index (χ2v) is 7.84. The molecule has 0 radical (unpaired) electrons. The molecule has 2 aliphatic rings. The van der Waals surface area contributed by atoms with Crippen LogP contribution in [0.4, 0.5) is 0 Å². The number of hydrogen-bond donors (Lipinski definition) is 1. The molecule has 0 spiro atoms. The molecule has 0 aromatic carbocycles. The maximum atomic E-state index is 12.4. The molecule has 0 unspecified atom stereocenters. The van der Waals surface area contributed by atoms with Crippen molar-refractivity contribution in [2.24, 2.45) is 0 Å². The average molecular weight is 338 g/mol. The summed E-state index contributed by atoms with van der Waals surface area (Å²) < 4.78 is 0. The molecule has 6 heteroatoms. The number of thiophene rings is 1. The molecule has 0 saturated heterocycles. The smallest absolute Gasteiger partial charge is 0.255 e. The van der Waals surface area contributed by atoms with Crippen LogP contribution in [-0.2, 0) is 19.5 Å². The van der Waals surface area contributed by atoms with Gasteiger partial charge in [-0.2, -0.15) is 0 Å². The highest BCUT2D eigenvalue weighted by Gasteiger charge is 2.29. The van der Waals surface area contributed by atoms with Gasteiger partial charge in [0.2, 0.25) is 0 Å². The molecule has 4 heterocycles. The minimum atomic E-state index is 0.0598. The summed E-state index contributed by atoms with van der Waals surface area (Å²) in [5, 5.41) is 1.20. The van der Waals surface area contributed by atoms with Crippen LogP contribution in [0, 0.1) is 0 Å². The molecule has 1 N–H and O–H groups in total. The van der Waals surface area contributed by atoms with Gasteiger partial charge in [0.05, 0.1) is 11.3 Å². The van der Waals surface area contributed by atoms with Crippen molar-refractivity contribution in [1.29, 1.82) is 0 Å². The summed E-state index contributed by atoms with van der Waals surface area (Å²) in [7, 11) is 0. The number of aromatic nitrogens is 3. The summed E-state index contributed by atoms with van der Waals surface area (Å²) >= 11 is 1.74. The molecule has 1 fully saturated rings. The molecule has 0 atom stereocenters. The molecular weight excluding hydrogens is 320 g/mol. The van der Waals surface area contributed by atoms with Gasteiger partial charge in [-0.05, 0) is 25.0 Å². The summed E-state index contributed by atoms with van der Waals surface area (Å²) in [6.07, 6.45) is 5.02. The molecule has 0 amide bonds. The molecule has 122 valence electrons. The van der Waals surface area contributed by atoms with Crippen LogP contribution in [0.25, 0.3) is 10.2 Å². The van der Waals surface area contributed by atoms with E-state index in [2.05, 4.69) is 27.0 Å². The van der Waals surface area contributed by atoms with Crippen molar-refractivity contribution in [3.05, 3.63) is 56.7 Å². The first-order chi connectivity index (χ1) is 11.8. The third-order valence-corrected chi connectivity index (χ3v) is 5.90. The standard InChI is InChI=1S/C18H18N4OS/c23-17-14-10-22(7-5-15(14)20-16(21-17)11-3-4-11)9-13-8-12-2-1-6-19-18(12)24-13/h1-2,6,8,11H,3-5,7,9-10H2,(H,20,21,23). The summed E-state index contributed by atoms with van der Waals surface area (Å²) in [4.78, 5) is 29.3. The van der Waals surface area contributed by atoms with E-state index >= 15 is 0 Å². The van der Waals surface area contributed by atoms with Crippen LogP contribution in [0.1, 0.15) is 40.7 Å². The number of nitrogens with one attached hydrogen (secondary N) is 1. The largest absolute Gasteiger partial charge is 0.310 e. The van der Waals surface area contributed by atoms with E-state index in [1.807, 2.05) is 12.3 Å². The first-order valence-corrected chi connectivity index (χ1v) is 9.26. The van der Waals surface area contributed by atoms with E-state index < -0.39 is 0 Å². The lowest BCUT2D eigenvalue weighted by Gasteiger charge is -2.27. The van der Waals surface area contributed by atoms with Crippen molar-refractivity contribution >= 4 is 21.6 Å². The number of nitrogens with zero attached hydrogens (tertiary/aromatic N) is 3. The van der Waals surface area contributed by atoms with E-state index in [1.165, 1.54) is 10.3 Å². The third-order valence-electron chi connectivity index (χ3n) is 4.85. The molecule has 1 aliphatic heterocycles. The van der Waals surface area contributed by atoms with E-state index in [-0.39, 0.29) is 5.56 Å². The summed E-state index contributed by atoms with van der Waals surface area (Å²) in [5.41, 5.74) is 1.92. The zero-order chi connectivity index (χ0) is 16.1. The van der Waals surface area contributed by atoms with Gasteiger partial charge in [0.15, 0.2) is 0 Å². The number of hydrogen-bond acceptors (Lipinski definition) is 5. The fourth-order valence-corrected chi connectivity index (χ4v) is 4.45. The Kier molecular flexibility index (Phi) is 3.28. The second-order valence-electron chi connectivity index (χ2n) is 6.72. The molecule has 24 heavy (non-hydrogen) atoms. The summed E-state index contributed by atoms with van der Waals surface area (Å²) in [6.45, 7) is 2.50. The number of aromatic amines is 1. The van der Waals surface area contributed by atoms with Crippen LogP contribution in [-0.4, -0.2) is 26.4 Å². The zero-order valence-electron chi connectivity index (χ0n) is 13.3. The van der Waals surface area contributed by atoms with Gasteiger partial charge >= 0.3 is 0 Å². The molecule has 5 rings (SSSR count). The van der Waals surface area contributed by atoms with Crippen molar-refractivity contribution in [2.45, 2.75) is 38.3 Å². The van der Waals surface area contributed by atoms with Crippen molar-refractivity contribution in [1.82, 2.24) is 19.9 Å². The fourth-order valence-electron chi connectivity index (χ4n) is 3.41. The Balaban J connectivity index is 1.39. The summed E-state index contributed by atoms with van der Waals surface area (Å²) in [6, 6.07) is 6.28. The topological polar surface area (TPSA) is 61.9 Å². The minimum absolute atomic E-state index is 0.0598. The maximum Gasteiger partial charge on any atom is 0.255 e. The number of H-pyrrole nitrogens is 1. The number of rotatable bonds is 3. The lowest BCUT2D eigenvalue weighted by Crippen LogP contribution is -2.35. The van der Waals surface area contributed by atoms with Gasteiger partial charge in [0, 0.05) is 48.4 Å². The van der Waals surface area contributed by atoms with Gasteiger partial charge in [0.1, 0.15) is 10.7 Å². The second kappa shape index (κ2) is 5.50. The van der Waals surface area contributed by atoms with Gasteiger partial charge in [-0.15, -0.1) is 11.3 Å². The van der Waals surface area contributed by atoms with Gasteiger partial charge < -0.3 is 4.98 Å². The van der Waals surface area contributed by atoms with Gasteiger partial charge in [-0.25, -0.2) is 9.97 Å². The average Bonchev–Trinajstić information content (AvgIpc) is 3.35. The Morgan fingerprint density at radius 2 is 2.29 bits per heavy atom. The first-order valence-electron chi connectivity index (χ1n) is 8.44. The van der Waals surface area contributed by atoms with Gasteiger partial charge in [-0.3, -0.25) is 9.69 Å². The monoisotopic (exact) mass is 338 g/mol. The Bertz CT molecular complexity index is 940. The van der Waals surface area contributed by atoms with Crippen LogP contribution in [0.2, 0.25) is 0 Å². The Labute approximate surface area is 143 Å². The van der Waals surface area contributed by atoms with Crippen molar-refractivity contribution in [2.75, 3.05) is 6.54 Å². The van der Waals surface area contributed by atoms with Crippen LogP contribution < -0.4 is 5.56 Å². The molecule has 3 aromatic heterocycles. The molecule has 3 aromatic rings. The van der Waals surface area contributed by atoms with Crippen LogP contribution >= 0.6 is 11.3 Å². The zero-order valence-corrected chi connectivity index (χ0v) is 14.1. The van der Waals surface area contributed by atoms with Crippen LogP contribution in [0.15, 0.2) is 29.2 Å². The van der Waals surface area contributed by atoms with E-state index in [0.717, 1.165) is 54.3 Å². The van der Waals surface area contributed by atoms with E-state index in [1.54, 1.807) is 11.3 Å². The van der Waals surface area contributed by atoms with Gasteiger partial charge in [0.25, 0.3) is 5.56 Å². The Hall–Kier alpha value is -2.05. The number of pyridine rings is 1. The predicted octanol–water partition coefficient (Wildman–Crippen LogP) is 2.82. The van der Waals surface area contributed by atoms with Crippen molar-refractivity contribution < 1.29 is 0 Å². The lowest BCUT2D eigenvalue weighted by molar-refractivity contribution is 0.243. The van der Waals surface area contributed by atoms with Crippen LogP contribution in [0.3, 0.4) is 0 Å². The fraction of sp³-hybridized carbons (Fsp3) is 0.389. The molecular formula is C18H18N4OS. The Morgan fingerprint density at radius 3 is 3.12 bits per heavy atom. The predicted molar refractivity (Wildman–Crippen MR) is 94.3 cm³/mol. The van der Waals surface area contributed by atoms with E-state index in [9.17, 15) is 4.79 Å². The van der Waals surface area contributed by atoms with Crippen molar-refractivity contribution in [3.63, 3.8) is 0 Å². The molecule has 5 nitrogen and oxygen atoms in total. The molecule has 1 saturated carbocycles. The highest BCUT2D eigenvalue weighted by Crippen LogP contribution is 2.38. The van der Waals surface area contributed by atoms with Gasteiger partial charge in [-0.1, -0.05) is 6.07 Å². The first kappa shape index (κ1) is 14.3. The van der Waals surface area contributed by atoms with E-state index in [0.29, 0.717) is 12.5 Å². The quantitative estimate of drug-likeness (QED) is 0.798. The minimum Gasteiger partial charge on any atom is -0.310 e. The molecule has 0 bridgehead atoms. The lowest BCUT2D eigenvalue weighted by atomic mass is 10.1. The third kappa shape index (κ3) is 2.56. The van der Waals surface area contributed by atoms with Crippen molar-refractivity contribution in [3.8, 4) is 0 Å². The van der Waals surface area contributed by atoms with E-state index in [4.69, 9.17) is 4.98 Å². The Morgan fingerprint density at radius 1 is 1.38 bits per heavy atom. The SMILES string of the molecule is O=c1[nH]c(C2CC2)nc2c1CN(Cc1cc3cccnc3s1)CC2. The summed E-state index contributed by atoms with van der Waals surface area (Å²) in [5.74, 6) is 1.40.